The number of piperazine rings is 1. The molecule has 1 unspecified atom stereocenters. The quantitative estimate of drug-likeness (QED) is 0.925. The molecule has 0 radical (unpaired) electrons. The fourth-order valence-electron chi connectivity index (χ4n) is 3.37. The Bertz CT molecular complexity index is 693. The van der Waals surface area contributed by atoms with E-state index in [1.807, 2.05) is 23.1 Å². The molecular formula is C21H27N3O. The van der Waals surface area contributed by atoms with E-state index < -0.39 is 0 Å². The molecule has 0 aromatic heterocycles. The normalized spacial score (nSPS) is 16.5. The molecule has 132 valence electrons. The highest BCUT2D eigenvalue weighted by Gasteiger charge is 2.24. The predicted molar refractivity (Wildman–Crippen MR) is 101 cm³/mol. The number of benzene rings is 2. The smallest absolute Gasteiger partial charge is 0.317 e. The Morgan fingerprint density at radius 2 is 1.76 bits per heavy atom. The van der Waals surface area contributed by atoms with Gasteiger partial charge in [0.1, 0.15) is 0 Å². The van der Waals surface area contributed by atoms with Crippen LogP contribution in [-0.4, -0.2) is 42.0 Å². The molecule has 2 amide bonds. The minimum atomic E-state index is 0.0357. The molecule has 0 spiro atoms. The Morgan fingerprint density at radius 1 is 1.04 bits per heavy atom. The summed E-state index contributed by atoms with van der Waals surface area (Å²) >= 11 is 0. The average molecular weight is 337 g/mol. The van der Waals surface area contributed by atoms with E-state index in [4.69, 9.17) is 0 Å². The summed E-state index contributed by atoms with van der Waals surface area (Å²) in [6.07, 6.45) is 0. The number of amides is 2. The maximum absolute atomic E-state index is 12.4. The molecular weight excluding hydrogens is 310 g/mol. The molecule has 2 aromatic rings. The number of nitrogens with zero attached hydrogens (tertiary/aromatic N) is 2. The van der Waals surface area contributed by atoms with E-state index in [0.29, 0.717) is 12.6 Å². The van der Waals surface area contributed by atoms with E-state index in [2.05, 4.69) is 60.5 Å². The van der Waals surface area contributed by atoms with Crippen LogP contribution in [0, 0.1) is 6.92 Å². The molecule has 4 heteroatoms. The minimum Gasteiger partial charge on any atom is -0.334 e. The first-order chi connectivity index (χ1) is 12.1. The molecule has 1 aliphatic rings. The monoisotopic (exact) mass is 337 g/mol. The lowest BCUT2D eigenvalue weighted by molar-refractivity contribution is 0.114. The summed E-state index contributed by atoms with van der Waals surface area (Å²) in [5.41, 5.74) is 3.69. The van der Waals surface area contributed by atoms with E-state index in [1.165, 1.54) is 11.1 Å². The second kappa shape index (κ2) is 8.17. The highest BCUT2D eigenvalue weighted by atomic mass is 16.2. The first kappa shape index (κ1) is 17.5. The van der Waals surface area contributed by atoms with E-state index >= 15 is 0 Å². The minimum absolute atomic E-state index is 0.0357. The topological polar surface area (TPSA) is 35.6 Å². The molecule has 2 aromatic carbocycles. The summed E-state index contributed by atoms with van der Waals surface area (Å²) in [5, 5.41) is 3.04. The zero-order chi connectivity index (χ0) is 17.6. The van der Waals surface area contributed by atoms with E-state index in [-0.39, 0.29) is 6.03 Å². The van der Waals surface area contributed by atoms with Gasteiger partial charge in [0.25, 0.3) is 0 Å². The van der Waals surface area contributed by atoms with Crippen molar-refractivity contribution in [2.75, 3.05) is 26.2 Å². The molecule has 4 nitrogen and oxygen atoms in total. The molecule has 1 fully saturated rings. The Hall–Kier alpha value is -2.33. The van der Waals surface area contributed by atoms with Crippen molar-refractivity contribution in [2.24, 2.45) is 0 Å². The Labute approximate surface area is 150 Å². The number of nitrogens with one attached hydrogen (secondary N) is 1. The number of hydrogen-bond donors (Lipinski definition) is 1. The highest BCUT2D eigenvalue weighted by molar-refractivity contribution is 5.74. The third kappa shape index (κ3) is 4.60. The first-order valence-electron chi connectivity index (χ1n) is 9.01. The lowest BCUT2D eigenvalue weighted by Crippen LogP contribution is -2.52. The van der Waals surface area contributed by atoms with Crippen LogP contribution in [0.3, 0.4) is 0 Å². The van der Waals surface area contributed by atoms with Gasteiger partial charge in [-0.3, -0.25) is 4.90 Å². The van der Waals surface area contributed by atoms with Crippen molar-refractivity contribution in [1.29, 1.82) is 0 Å². The van der Waals surface area contributed by atoms with Gasteiger partial charge in [-0.15, -0.1) is 0 Å². The highest BCUT2D eigenvalue weighted by Crippen LogP contribution is 2.21. The molecule has 25 heavy (non-hydrogen) atoms. The Kier molecular flexibility index (Phi) is 5.71. The zero-order valence-electron chi connectivity index (χ0n) is 15.1. The van der Waals surface area contributed by atoms with Gasteiger partial charge in [-0.25, -0.2) is 4.79 Å². The molecule has 1 heterocycles. The SMILES string of the molecule is Cc1cccc(CNC(=O)N2CCN(C(C)c3ccccc3)CC2)c1. The molecule has 0 aliphatic carbocycles. The summed E-state index contributed by atoms with van der Waals surface area (Å²) in [6.45, 7) is 8.26. The van der Waals surface area contributed by atoms with Gasteiger partial charge in [-0.1, -0.05) is 60.2 Å². The lowest BCUT2D eigenvalue weighted by atomic mass is 10.1. The van der Waals surface area contributed by atoms with Gasteiger partial charge in [-0.05, 0) is 25.0 Å². The summed E-state index contributed by atoms with van der Waals surface area (Å²) in [4.78, 5) is 16.8. The van der Waals surface area contributed by atoms with Gasteiger partial charge in [0.2, 0.25) is 0 Å². The molecule has 3 rings (SSSR count). The molecule has 1 atom stereocenters. The van der Waals surface area contributed by atoms with Crippen molar-refractivity contribution < 1.29 is 4.79 Å². The summed E-state index contributed by atoms with van der Waals surface area (Å²) in [7, 11) is 0. The van der Waals surface area contributed by atoms with Gasteiger partial charge < -0.3 is 10.2 Å². The van der Waals surface area contributed by atoms with Crippen LogP contribution >= 0.6 is 0 Å². The summed E-state index contributed by atoms with van der Waals surface area (Å²) < 4.78 is 0. The van der Waals surface area contributed by atoms with Gasteiger partial charge in [0, 0.05) is 38.8 Å². The van der Waals surface area contributed by atoms with Crippen LogP contribution < -0.4 is 5.32 Å². The average Bonchev–Trinajstić information content (AvgIpc) is 2.66. The number of carbonyl (C=O) groups excluding carboxylic acids is 1. The fraction of sp³-hybridized carbons (Fsp3) is 0.381. The Balaban J connectivity index is 1.47. The first-order valence-corrected chi connectivity index (χ1v) is 9.01. The van der Waals surface area contributed by atoms with Crippen molar-refractivity contribution >= 4 is 6.03 Å². The summed E-state index contributed by atoms with van der Waals surface area (Å²) in [5.74, 6) is 0. The third-order valence-electron chi connectivity index (χ3n) is 4.96. The number of hydrogen-bond acceptors (Lipinski definition) is 2. The molecule has 1 N–H and O–H groups in total. The standard InChI is InChI=1S/C21H27N3O/c1-17-7-6-8-19(15-17)16-22-21(25)24-13-11-23(12-14-24)18(2)20-9-4-3-5-10-20/h3-10,15,18H,11-14,16H2,1-2H3,(H,22,25). The van der Waals surface area contributed by atoms with Crippen LogP contribution in [0.4, 0.5) is 4.79 Å². The molecule has 0 bridgehead atoms. The van der Waals surface area contributed by atoms with Gasteiger partial charge in [0.15, 0.2) is 0 Å². The maximum Gasteiger partial charge on any atom is 0.317 e. The number of rotatable bonds is 4. The van der Waals surface area contributed by atoms with Crippen molar-refractivity contribution in [3.05, 3.63) is 71.3 Å². The van der Waals surface area contributed by atoms with Crippen molar-refractivity contribution in [3.8, 4) is 0 Å². The van der Waals surface area contributed by atoms with Crippen molar-refractivity contribution in [3.63, 3.8) is 0 Å². The van der Waals surface area contributed by atoms with Crippen LogP contribution in [-0.2, 0) is 6.54 Å². The number of urea groups is 1. The van der Waals surface area contributed by atoms with E-state index in [9.17, 15) is 4.79 Å². The van der Waals surface area contributed by atoms with Gasteiger partial charge in [-0.2, -0.15) is 0 Å². The van der Waals surface area contributed by atoms with Gasteiger partial charge in [0.05, 0.1) is 0 Å². The van der Waals surface area contributed by atoms with Crippen molar-refractivity contribution in [2.45, 2.75) is 26.4 Å². The van der Waals surface area contributed by atoms with E-state index in [1.54, 1.807) is 0 Å². The molecule has 0 saturated carbocycles. The Morgan fingerprint density at radius 3 is 2.44 bits per heavy atom. The lowest BCUT2D eigenvalue weighted by Gasteiger charge is -2.38. The largest absolute Gasteiger partial charge is 0.334 e. The van der Waals surface area contributed by atoms with Crippen LogP contribution in [0.2, 0.25) is 0 Å². The summed E-state index contributed by atoms with van der Waals surface area (Å²) in [6, 6.07) is 19.2. The van der Waals surface area contributed by atoms with Crippen LogP contribution in [0.5, 0.6) is 0 Å². The second-order valence-corrected chi connectivity index (χ2v) is 6.76. The predicted octanol–water partition coefficient (Wildman–Crippen LogP) is 3.58. The maximum atomic E-state index is 12.4. The van der Waals surface area contributed by atoms with Crippen molar-refractivity contribution in [1.82, 2.24) is 15.1 Å². The third-order valence-corrected chi connectivity index (χ3v) is 4.96. The fourth-order valence-corrected chi connectivity index (χ4v) is 3.37. The second-order valence-electron chi connectivity index (χ2n) is 6.76. The molecule has 1 aliphatic heterocycles. The van der Waals surface area contributed by atoms with Crippen LogP contribution in [0.1, 0.15) is 29.7 Å². The van der Waals surface area contributed by atoms with Crippen LogP contribution in [0.15, 0.2) is 54.6 Å². The number of carbonyl (C=O) groups is 1. The molecule has 1 saturated heterocycles. The van der Waals surface area contributed by atoms with Gasteiger partial charge >= 0.3 is 6.03 Å². The zero-order valence-corrected chi connectivity index (χ0v) is 15.1. The van der Waals surface area contributed by atoms with Crippen LogP contribution in [0.25, 0.3) is 0 Å². The number of aryl methyl sites for hydroxylation is 1. The van der Waals surface area contributed by atoms with E-state index in [0.717, 1.165) is 31.7 Å².